The van der Waals surface area contributed by atoms with Crippen molar-refractivity contribution in [2.45, 2.75) is 0 Å². The molecule has 3 aromatic rings. The number of rotatable bonds is 2. The highest BCUT2D eigenvalue weighted by molar-refractivity contribution is 5.61. The summed E-state index contributed by atoms with van der Waals surface area (Å²) in [5.74, 6) is 0.596. The average Bonchev–Trinajstić information content (AvgIpc) is 2.90. The third-order valence-electron chi connectivity index (χ3n) is 2.41. The Hall–Kier alpha value is -2.49. The van der Waals surface area contributed by atoms with Gasteiger partial charge in [0.05, 0.1) is 0 Å². The molecule has 0 spiro atoms. The maximum atomic E-state index is 5.45. The normalized spacial score (nSPS) is 10.4. The molecule has 0 aliphatic carbocycles. The standard InChI is InChI=1S/C13H9N3O/c1-5-14-6-2-10(1)12-9-17-13(16-12)11-3-7-15-8-4-11/h1-9H. The summed E-state index contributed by atoms with van der Waals surface area (Å²) in [4.78, 5) is 12.4. The fraction of sp³-hybridized carbons (Fsp3) is 0. The molecule has 0 aromatic carbocycles. The Balaban J connectivity index is 1.99. The van der Waals surface area contributed by atoms with Gasteiger partial charge in [0, 0.05) is 35.9 Å². The van der Waals surface area contributed by atoms with Gasteiger partial charge >= 0.3 is 0 Å². The number of hydrogen-bond acceptors (Lipinski definition) is 4. The second-order valence-corrected chi connectivity index (χ2v) is 3.51. The zero-order valence-electron chi connectivity index (χ0n) is 8.95. The second kappa shape index (κ2) is 4.17. The molecule has 0 fully saturated rings. The van der Waals surface area contributed by atoms with Gasteiger partial charge in [0.1, 0.15) is 12.0 Å². The zero-order chi connectivity index (χ0) is 11.5. The molecule has 0 radical (unpaired) electrons. The van der Waals surface area contributed by atoms with Crippen molar-refractivity contribution in [2.24, 2.45) is 0 Å². The first-order chi connectivity index (χ1) is 8.43. The van der Waals surface area contributed by atoms with Gasteiger partial charge in [0.2, 0.25) is 5.89 Å². The van der Waals surface area contributed by atoms with E-state index in [1.54, 1.807) is 31.1 Å². The Morgan fingerprint density at radius 1 is 0.765 bits per heavy atom. The summed E-state index contributed by atoms with van der Waals surface area (Å²) in [7, 11) is 0. The van der Waals surface area contributed by atoms with Crippen molar-refractivity contribution in [2.75, 3.05) is 0 Å². The number of aromatic nitrogens is 3. The van der Waals surface area contributed by atoms with Crippen LogP contribution in [0, 0.1) is 0 Å². The highest BCUT2D eigenvalue weighted by Crippen LogP contribution is 2.23. The van der Waals surface area contributed by atoms with E-state index in [1.807, 2.05) is 24.3 Å². The Morgan fingerprint density at radius 3 is 2.00 bits per heavy atom. The van der Waals surface area contributed by atoms with E-state index in [1.165, 1.54) is 0 Å². The lowest BCUT2D eigenvalue weighted by Crippen LogP contribution is -1.80. The second-order valence-electron chi connectivity index (χ2n) is 3.51. The Morgan fingerprint density at radius 2 is 1.35 bits per heavy atom. The quantitative estimate of drug-likeness (QED) is 0.670. The molecule has 0 saturated carbocycles. The summed E-state index contributed by atoms with van der Waals surface area (Å²) in [6, 6.07) is 7.52. The first kappa shape index (κ1) is 9.72. The molecule has 3 heterocycles. The Kier molecular flexibility index (Phi) is 2.38. The molecule has 0 atom stereocenters. The van der Waals surface area contributed by atoms with Crippen LogP contribution in [0.5, 0.6) is 0 Å². The van der Waals surface area contributed by atoms with Crippen molar-refractivity contribution >= 4 is 0 Å². The van der Waals surface area contributed by atoms with E-state index >= 15 is 0 Å². The lowest BCUT2D eigenvalue weighted by Gasteiger charge is -1.93. The molecule has 0 aliphatic heterocycles. The molecule has 4 heteroatoms. The molecule has 0 amide bonds. The lowest BCUT2D eigenvalue weighted by molar-refractivity contribution is 0.575. The van der Waals surface area contributed by atoms with Crippen molar-refractivity contribution in [3.63, 3.8) is 0 Å². The van der Waals surface area contributed by atoms with E-state index in [0.717, 1.165) is 16.8 Å². The predicted octanol–water partition coefficient (Wildman–Crippen LogP) is 2.80. The van der Waals surface area contributed by atoms with Crippen LogP contribution >= 0.6 is 0 Å². The highest BCUT2D eigenvalue weighted by atomic mass is 16.3. The smallest absolute Gasteiger partial charge is 0.226 e. The summed E-state index contributed by atoms with van der Waals surface area (Å²) in [6.07, 6.45) is 8.54. The van der Waals surface area contributed by atoms with Crippen LogP contribution in [0.15, 0.2) is 59.7 Å². The van der Waals surface area contributed by atoms with Gasteiger partial charge < -0.3 is 4.42 Å². The molecule has 3 rings (SSSR count). The molecule has 0 aliphatic rings. The number of hydrogen-bond donors (Lipinski definition) is 0. The summed E-state index contributed by atoms with van der Waals surface area (Å²) in [5.41, 5.74) is 2.71. The summed E-state index contributed by atoms with van der Waals surface area (Å²) in [6.45, 7) is 0. The average molecular weight is 223 g/mol. The van der Waals surface area contributed by atoms with Crippen molar-refractivity contribution in [1.29, 1.82) is 0 Å². The first-order valence-corrected chi connectivity index (χ1v) is 5.20. The lowest BCUT2D eigenvalue weighted by atomic mass is 10.2. The van der Waals surface area contributed by atoms with Crippen LogP contribution in [-0.4, -0.2) is 15.0 Å². The molecule has 0 unspecified atom stereocenters. The van der Waals surface area contributed by atoms with E-state index in [0.29, 0.717) is 5.89 Å². The third kappa shape index (κ3) is 1.92. The van der Waals surface area contributed by atoms with Crippen LogP contribution < -0.4 is 0 Å². The van der Waals surface area contributed by atoms with Crippen LogP contribution in [0.3, 0.4) is 0 Å². The molecule has 0 N–H and O–H groups in total. The summed E-state index contributed by atoms with van der Waals surface area (Å²) < 4.78 is 5.45. The first-order valence-electron chi connectivity index (χ1n) is 5.20. The Bertz CT molecular complexity index is 551. The van der Waals surface area contributed by atoms with Gasteiger partial charge in [-0.1, -0.05) is 0 Å². The van der Waals surface area contributed by atoms with Crippen molar-refractivity contribution < 1.29 is 4.42 Å². The molecule has 82 valence electrons. The number of nitrogens with zero attached hydrogens (tertiary/aromatic N) is 3. The monoisotopic (exact) mass is 223 g/mol. The van der Waals surface area contributed by atoms with Gasteiger partial charge in [-0.15, -0.1) is 0 Å². The molecule has 0 saturated heterocycles. The number of pyridine rings is 2. The minimum absolute atomic E-state index is 0.596. The third-order valence-corrected chi connectivity index (χ3v) is 2.41. The Labute approximate surface area is 98.0 Å². The summed E-state index contributed by atoms with van der Waals surface area (Å²) in [5, 5.41) is 0. The maximum Gasteiger partial charge on any atom is 0.226 e. The summed E-state index contributed by atoms with van der Waals surface area (Å²) >= 11 is 0. The highest BCUT2D eigenvalue weighted by Gasteiger charge is 2.07. The van der Waals surface area contributed by atoms with Gasteiger partial charge in [-0.2, -0.15) is 0 Å². The topological polar surface area (TPSA) is 51.8 Å². The van der Waals surface area contributed by atoms with Crippen LogP contribution in [0.4, 0.5) is 0 Å². The van der Waals surface area contributed by atoms with Crippen LogP contribution in [-0.2, 0) is 0 Å². The van der Waals surface area contributed by atoms with Crippen molar-refractivity contribution in [1.82, 2.24) is 15.0 Å². The zero-order valence-corrected chi connectivity index (χ0v) is 8.95. The van der Waals surface area contributed by atoms with Crippen molar-refractivity contribution in [3.05, 3.63) is 55.3 Å². The molecular weight excluding hydrogens is 214 g/mol. The van der Waals surface area contributed by atoms with Crippen LogP contribution in [0.25, 0.3) is 22.7 Å². The minimum Gasteiger partial charge on any atom is -0.444 e. The van der Waals surface area contributed by atoms with E-state index in [9.17, 15) is 0 Å². The molecule has 4 nitrogen and oxygen atoms in total. The van der Waals surface area contributed by atoms with Gasteiger partial charge in [-0.25, -0.2) is 4.98 Å². The van der Waals surface area contributed by atoms with Gasteiger partial charge in [0.25, 0.3) is 0 Å². The molecule has 0 bridgehead atoms. The fourth-order valence-corrected chi connectivity index (χ4v) is 1.56. The van der Waals surface area contributed by atoms with E-state index in [2.05, 4.69) is 15.0 Å². The fourth-order valence-electron chi connectivity index (χ4n) is 1.56. The van der Waals surface area contributed by atoms with Crippen LogP contribution in [0.1, 0.15) is 0 Å². The minimum atomic E-state index is 0.596. The molecule has 17 heavy (non-hydrogen) atoms. The molecular formula is C13H9N3O. The van der Waals surface area contributed by atoms with E-state index in [-0.39, 0.29) is 0 Å². The maximum absolute atomic E-state index is 5.45. The SMILES string of the molecule is c1cc(-c2coc(-c3ccncc3)n2)ccn1. The van der Waals surface area contributed by atoms with Crippen molar-refractivity contribution in [3.8, 4) is 22.7 Å². The van der Waals surface area contributed by atoms with Gasteiger partial charge in [-0.3, -0.25) is 9.97 Å². The van der Waals surface area contributed by atoms with E-state index < -0.39 is 0 Å². The molecule has 3 aromatic heterocycles. The van der Waals surface area contributed by atoms with Gasteiger partial charge in [0.15, 0.2) is 0 Å². The number of oxazole rings is 1. The van der Waals surface area contributed by atoms with Gasteiger partial charge in [-0.05, 0) is 24.3 Å². The van der Waals surface area contributed by atoms with E-state index in [4.69, 9.17) is 4.42 Å². The largest absolute Gasteiger partial charge is 0.444 e. The predicted molar refractivity (Wildman–Crippen MR) is 63.0 cm³/mol. The van der Waals surface area contributed by atoms with Crippen LogP contribution in [0.2, 0.25) is 0 Å².